The van der Waals surface area contributed by atoms with Crippen molar-refractivity contribution in [1.82, 2.24) is 14.9 Å². The minimum absolute atomic E-state index is 0.248. The fraction of sp³-hybridized carbons (Fsp3) is 0.474. The van der Waals surface area contributed by atoms with Gasteiger partial charge in [0.1, 0.15) is 5.75 Å². The fourth-order valence-electron chi connectivity index (χ4n) is 4.10. The van der Waals surface area contributed by atoms with Crippen LogP contribution in [0, 0.1) is 5.92 Å². The Balaban J connectivity index is 1.43. The Morgan fingerprint density at radius 1 is 1.04 bits per heavy atom. The highest BCUT2D eigenvalue weighted by molar-refractivity contribution is 5.62. The van der Waals surface area contributed by atoms with Crippen molar-refractivity contribution >= 4 is 5.95 Å². The van der Waals surface area contributed by atoms with E-state index >= 15 is 0 Å². The van der Waals surface area contributed by atoms with E-state index in [4.69, 9.17) is 0 Å². The molecule has 0 amide bonds. The molecule has 5 nitrogen and oxygen atoms in total. The summed E-state index contributed by atoms with van der Waals surface area (Å²) in [7, 11) is 0. The molecule has 27 heavy (non-hydrogen) atoms. The van der Waals surface area contributed by atoms with Crippen molar-refractivity contribution in [3.63, 3.8) is 0 Å². The van der Waals surface area contributed by atoms with Gasteiger partial charge < -0.3 is 10.1 Å². The summed E-state index contributed by atoms with van der Waals surface area (Å²) in [6.07, 6.45) is 1.07. The first-order chi connectivity index (χ1) is 12.9. The van der Waals surface area contributed by atoms with Gasteiger partial charge in [0.25, 0.3) is 0 Å². The Kier molecular flexibility index (Phi) is 4.67. The molecule has 4 heterocycles. The molecule has 3 fully saturated rings. The molecule has 0 saturated carbocycles. The lowest BCUT2D eigenvalue weighted by Crippen LogP contribution is -2.59. The van der Waals surface area contributed by atoms with Crippen LogP contribution in [0.15, 0.2) is 36.7 Å². The molecular weight excluding hydrogens is 357 g/mol. The third-order valence-electron chi connectivity index (χ3n) is 5.55. The number of aromatic nitrogens is 2. The van der Waals surface area contributed by atoms with Gasteiger partial charge in [0.2, 0.25) is 5.95 Å². The van der Waals surface area contributed by atoms with E-state index < -0.39 is 6.36 Å². The second-order valence-electron chi connectivity index (χ2n) is 7.15. The van der Waals surface area contributed by atoms with Gasteiger partial charge in [-0.15, -0.1) is 13.2 Å². The van der Waals surface area contributed by atoms with Crippen molar-refractivity contribution in [3.05, 3.63) is 36.7 Å². The monoisotopic (exact) mass is 378 g/mol. The highest BCUT2D eigenvalue weighted by Gasteiger charge is 2.40. The predicted octanol–water partition coefficient (Wildman–Crippen LogP) is 3.94. The molecule has 2 unspecified atom stereocenters. The lowest BCUT2D eigenvalue weighted by atomic mass is 9.79. The van der Waals surface area contributed by atoms with E-state index in [1.807, 2.05) is 0 Å². The smallest absolute Gasteiger partial charge is 0.406 e. The van der Waals surface area contributed by atoms with Crippen LogP contribution >= 0.6 is 0 Å². The molecule has 5 rings (SSSR count). The molecule has 2 bridgehead atoms. The number of hydrogen-bond donors (Lipinski definition) is 1. The predicted molar refractivity (Wildman–Crippen MR) is 95.3 cm³/mol. The highest BCUT2D eigenvalue weighted by Crippen LogP contribution is 2.33. The van der Waals surface area contributed by atoms with Crippen molar-refractivity contribution in [2.45, 2.75) is 38.2 Å². The minimum atomic E-state index is -4.69. The fourth-order valence-corrected chi connectivity index (χ4v) is 4.10. The second kappa shape index (κ2) is 6.99. The molecule has 3 aliphatic heterocycles. The average Bonchev–Trinajstić information content (AvgIpc) is 2.65. The van der Waals surface area contributed by atoms with E-state index in [0.717, 1.165) is 24.2 Å². The number of hydrogen-bond acceptors (Lipinski definition) is 5. The summed E-state index contributed by atoms with van der Waals surface area (Å²) in [5.74, 6) is 0.984. The van der Waals surface area contributed by atoms with Crippen LogP contribution in [0.1, 0.15) is 19.8 Å². The van der Waals surface area contributed by atoms with Gasteiger partial charge in [-0.25, -0.2) is 9.97 Å². The Bertz CT molecular complexity index is 769. The van der Waals surface area contributed by atoms with Crippen molar-refractivity contribution in [2.24, 2.45) is 5.92 Å². The van der Waals surface area contributed by atoms with Crippen LogP contribution in [0.4, 0.5) is 19.1 Å². The lowest BCUT2D eigenvalue weighted by molar-refractivity contribution is -0.274. The summed E-state index contributed by atoms with van der Waals surface area (Å²) < 4.78 is 40.6. The van der Waals surface area contributed by atoms with Gasteiger partial charge in [-0.1, -0.05) is 12.1 Å². The molecule has 0 spiro atoms. The summed E-state index contributed by atoms with van der Waals surface area (Å²) in [6.45, 7) is 4.57. The SMILES string of the molecule is CC1C(Nc2ncc(-c3ccc(OC(F)(F)F)cc3)cn2)C2CCN1CC2. The number of rotatable bonds is 4. The highest BCUT2D eigenvalue weighted by atomic mass is 19.4. The van der Waals surface area contributed by atoms with Gasteiger partial charge >= 0.3 is 6.36 Å². The van der Waals surface area contributed by atoms with E-state index in [1.54, 1.807) is 24.5 Å². The molecule has 1 aromatic heterocycles. The summed E-state index contributed by atoms with van der Waals surface area (Å²) >= 11 is 0. The van der Waals surface area contributed by atoms with E-state index in [2.05, 4.69) is 31.8 Å². The maximum absolute atomic E-state index is 12.2. The van der Waals surface area contributed by atoms with Crippen LogP contribution in [0.3, 0.4) is 0 Å². The molecule has 144 valence electrons. The topological polar surface area (TPSA) is 50.3 Å². The molecular formula is C19H21F3N4O. The average molecular weight is 378 g/mol. The van der Waals surface area contributed by atoms with Gasteiger partial charge in [-0.3, -0.25) is 4.90 Å². The molecule has 1 aromatic carbocycles. The normalized spacial score (nSPS) is 27.4. The van der Waals surface area contributed by atoms with Gasteiger partial charge in [0, 0.05) is 30.0 Å². The van der Waals surface area contributed by atoms with E-state index in [9.17, 15) is 13.2 Å². The first-order valence-electron chi connectivity index (χ1n) is 9.08. The summed E-state index contributed by atoms with van der Waals surface area (Å²) in [5, 5.41) is 3.47. The molecule has 3 aliphatic rings. The Morgan fingerprint density at radius 3 is 2.22 bits per heavy atom. The number of benzene rings is 1. The van der Waals surface area contributed by atoms with Crippen LogP contribution in [0.2, 0.25) is 0 Å². The van der Waals surface area contributed by atoms with Gasteiger partial charge in [0.15, 0.2) is 0 Å². The summed E-state index contributed by atoms with van der Waals surface area (Å²) in [5.41, 5.74) is 1.47. The van der Waals surface area contributed by atoms with Crippen LogP contribution in [0.25, 0.3) is 11.1 Å². The summed E-state index contributed by atoms with van der Waals surface area (Å²) in [6, 6.07) is 6.48. The third kappa shape index (κ3) is 4.00. The third-order valence-corrected chi connectivity index (χ3v) is 5.55. The maximum Gasteiger partial charge on any atom is 0.573 e. The number of piperidine rings is 3. The number of nitrogens with one attached hydrogen (secondary N) is 1. The largest absolute Gasteiger partial charge is 0.573 e. The van der Waals surface area contributed by atoms with Crippen molar-refractivity contribution in [2.75, 3.05) is 18.4 Å². The molecule has 0 aliphatic carbocycles. The number of anilines is 1. The lowest BCUT2D eigenvalue weighted by Gasteiger charge is -2.49. The Labute approximate surface area is 155 Å². The Hall–Kier alpha value is -2.35. The van der Waals surface area contributed by atoms with Crippen molar-refractivity contribution < 1.29 is 17.9 Å². The number of ether oxygens (including phenoxy) is 1. The number of halogens is 3. The zero-order chi connectivity index (χ0) is 19.0. The molecule has 2 aromatic rings. The molecule has 8 heteroatoms. The van der Waals surface area contributed by atoms with Gasteiger partial charge in [-0.05, 0) is 56.5 Å². The minimum Gasteiger partial charge on any atom is -0.406 e. The van der Waals surface area contributed by atoms with Crippen LogP contribution in [0.5, 0.6) is 5.75 Å². The van der Waals surface area contributed by atoms with Crippen molar-refractivity contribution in [3.8, 4) is 16.9 Å². The molecule has 2 atom stereocenters. The zero-order valence-electron chi connectivity index (χ0n) is 14.9. The zero-order valence-corrected chi connectivity index (χ0v) is 14.9. The van der Waals surface area contributed by atoms with Gasteiger partial charge in [-0.2, -0.15) is 0 Å². The van der Waals surface area contributed by atoms with E-state index in [-0.39, 0.29) is 5.75 Å². The standard InChI is InChI=1S/C19H21F3N4O/c1-12-17(14-6-8-26(12)9-7-14)25-18-23-10-15(11-24-18)13-2-4-16(5-3-13)27-19(20,21)22/h2-5,10-12,14,17H,6-9H2,1H3,(H,23,24,25). The Morgan fingerprint density at radius 2 is 1.67 bits per heavy atom. The van der Waals surface area contributed by atoms with Gasteiger partial charge in [0.05, 0.1) is 0 Å². The molecule has 1 N–H and O–H groups in total. The van der Waals surface area contributed by atoms with E-state index in [0.29, 0.717) is 23.9 Å². The van der Waals surface area contributed by atoms with Crippen LogP contribution in [-0.2, 0) is 0 Å². The number of fused-ring (bicyclic) bond motifs is 3. The maximum atomic E-state index is 12.2. The molecule has 3 saturated heterocycles. The first-order valence-corrected chi connectivity index (χ1v) is 9.08. The van der Waals surface area contributed by atoms with Crippen molar-refractivity contribution in [1.29, 1.82) is 0 Å². The number of nitrogens with zero attached hydrogens (tertiary/aromatic N) is 3. The quantitative estimate of drug-likeness (QED) is 0.874. The van der Waals surface area contributed by atoms with Crippen LogP contribution < -0.4 is 10.1 Å². The van der Waals surface area contributed by atoms with Crippen LogP contribution in [-0.4, -0.2) is 46.4 Å². The number of alkyl halides is 3. The second-order valence-corrected chi connectivity index (χ2v) is 7.15. The first kappa shape index (κ1) is 18.0. The van der Waals surface area contributed by atoms with E-state index in [1.165, 1.54) is 25.0 Å². The molecule has 0 radical (unpaired) electrons. The summed E-state index contributed by atoms with van der Waals surface area (Å²) in [4.78, 5) is 11.3.